The molecule has 4 nitrogen and oxygen atoms in total. The molecule has 0 bridgehead atoms. The van der Waals surface area contributed by atoms with Crippen LogP contribution in [-0.4, -0.2) is 38.0 Å². The quantitative estimate of drug-likeness (QED) is 0.577. The predicted molar refractivity (Wildman–Crippen MR) is 73.5 cm³/mol. The van der Waals surface area contributed by atoms with Crippen LogP contribution >= 0.6 is 0 Å². The van der Waals surface area contributed by atoms with Crippen LogP contribution in [0.2, 0.25) is 0 Å². The maximum Gasteiger partial charge on any atom is 0.104 e. The molecule has 0 amide bonds. The monoisotopic (exact) mass is 256 g/mol. The molecule has 0 radical (unpaired) electrons. The van der Waals surface area contributed by atoms with Crippen LogP contribution < -0.4 is 5.32 Å². The van der Waals surface area contributed by atoms with Crippen LogP contribution in [-0.2, 0) is 9.47 Å². The van der Waals surface area contributed by atoms with E-state index in [1.165, 1.54) is 0 Å². The van der Waals surface area contributed by atoms with Gasteiger partial charge in [-0.05, 0) is 40.0 Å². The molecule has 0 spiro atoms. The average molecular weight is 256 g/mol. The Morgan fingerprint density at radius 3 is 2.28 bits per heavy atom. The van der Waals surface area contributed by atoms with Crippen LogP contribution in [0.1, 0.15) is 47.0 Å². The number of hydrogen-bond acceptors (Lipinski definition) is 4. The van der Waals surface area contributed by atoms with Gasteiger partial charge in [-0.2, -0.15) is 5.26 Å². The standard InChI is InChI=1S/C14H28N2O2/c1-5-8-17-10-11-18-9-6-7-14(4,12-15)16-13(2)3/h13,16H,5-11H2,1-4H3. The Morgan fingerprint density at radius 2 is 1.78 bits per heavy atom. The zero-order valence-corrected chi connectivity index (χ0v) is 12.3. The van der Waals surface area contributed by atoms with E-state index >= 15 is 0 Å². The van der Waals surface area contributed by atoms with E-state index in [0.717, 1.165) is 25.9 Å². The minimum atomic E-state index is -0.448. The molecule has 0 fully saturated rings. The van der Waals surface area contributed by atoms with Crippen molar-refractivity contribution < 1.29 is 9.47 Å². The molecule has 1 unspecified atom stereocenters. The van der Waals surface area contributed by atoms with Crippen molar-refractivity contribution in [3.63, 3.8) is 0 Å². The first-order valence-electron chi connectivity index (χ1n) is 6.88. The summed E-state index contributed by atoms with van der Waals surface area (Å²) in [5.74, 6) is 0. The fraction of sp³-hybridized carbons (Fsp3) is 0.929. The van der Waals surface area contributed by atoms with Crippen molar-refractivity contribution in [2.24, 2.45) is 0 Å². The predicted octanol–water partition coefficient (Wildman–Crippen LogP) is 2.49. The van der Waals surface area contributed by atoms with Crippen molar-refractivity contribution in [3.8, 4) is 6.07 Å². The third kappa shape index (κ3) is 9.41. The molecule has 0 saturated carbocycles. The molecule has 18 heavy (non-hydrogen) atoms. The summed E-state index contributed by atoms with van der Waals surface area (Å²) in [7, 11) is 0. The normalized spacial score (nSPS) is 14.4. The maximum atomic E-state index is 9.16. The number of nitrogens with one attached hydrogen (secondary N) is 1. The third-order valence-electron chi connectivity index (χ3n) is 2.54. The lowest BCUT2D eigenvalue weighted by Gasteiger charge is -2.25. The fourth-order valence-electron chi connectivity index (χ4n) is 1.79. The Labute approximate surface area is 112 Å². The topological polar surface area (TPSA) is 54.3 Å². The smallest absolute Gasteiger partial charge is 0.104 e. The largest absolute Gasteiger partial charge is 0.379 e. The highest BCUT2D eigenvalue weighted by atomic mass is 16.5. The van der Waals surface area contributed by atoms with Crippen LogP contribution in [0.25, 0.3) is 0 Å². The Kier molecular flexibility index (Phi) is 9.95. The summed E-state index contributed by atoms with van der Waals surface area (Å²) >= 11 is 0. The zero-order valence-electron chi connectivity index (χ0n) is 12.3. The minimum absolute atomic E-state index is 0.318. The van der Waals surface area contributed by atoms with Gasteiger partial charge in [-0.15, -0.1) is 0 Å². The Morgan fingerprint density at radius 1 is 1.17 bits per heavy atom. The summed E-state index contributed by atoms with van der Waals surface area (Å²) < 4.78 is 10.8. The van der Waals surface area contributed by atoms with Crippen LogP contribution in [0.15, 0.2) is 0 Å². The molecule has 0 aromatic carbocycles. The van der Waals surface area contributed by atoms with E-state index in [0.29, 0.717) is 25.9 Å². The summed E-state index contributed by atoms with van der Waals surface area (Å²) in [6.45, 7) is 10.9. The van der Waals surface area contributed by atoms with E-state index in [2.05, 4.69) is 32.2 Å². The molecule has 0 aromatic heterocycles. The van der Waals surface area contributed by atoms with Crippen molar-refractivity contribution in [2.45, 2.75) is 58.5 Å². The Balaban J connectivity index is 3.54. The average Bonchev–Trinajstić information content (AvgIpc) is 2.32. The maximum absolute atomic E-state index is 9.16. The van der Waals surface area contributed by atoms with Crippen LogP contribution in [0.5, 0.6) is 0 Å². The summed E-state index contributed by atoms with van der Waals surface area (Å²) in [6, 6.07) is 2.65. The second-order valence-corrected chi connectivity index (χ2v) is 5.07. The summed E-state index contributed by atoms with van der Waals surface area (Å²) in [5.41, 5.74) is -0.448. The first kappa shape index (κ1) is 17.4. The first-order chi connectivity index (χ1) is 8.54. The molecule has 0 saturated heterocycles. The highest BCUT2D eigenvalue weighted by Gasteiger charge is 2.23. The summed E-state index contributed by atoms with van der Waals surface area (Å²) in [5, 5.41) is 12.4. The zero-order chi connectivity index (χ0) is 13.9. The molecule has 1 N–H and O–H groups in total. The highest BCUT2D eigenvalue weighted by Crippen LogP contribution is 2.12. The van der Waals surface area contributed by atoms with Gasteiger partial charge in [0.25, 0.3) is 0 Å². The van der Waals surface area contributed by atoms with E-state index in [4.69, 9.17) is 14.7 Å². The van der Waals surface area contributed by atoms with E-state index in [9.17, 15) is 0 Å². The highest BCUT2D eigenvalue weighted by molar-refractivity contribution is 5.04. The van der Waals surface area contributed by atoms with Crippen molar-refractivity contribution in [3.05, 3.63) is 0 Å². The molecule has 0 aromatic rings. The number of hydrogen-bond donors (Lipinski definition) is 1. The van der Waals surface area contributed by atoms with E-state index < -0.39 is 5.54 Å². The molecular formula is C14H28N2O2. The lowest BCUT2D eigenvalue weighted by Crippen LogP contribution is -2.45. The molecular weight excluding hydrogens is 228 g/mol. The Hall–Kier alpha value is -0.630. The van der Waals surface area contributed by atoms with Crippen molar-refractivity contribution >= 4 is 0 Å². The van der Waals surface area contributed by atoms with Gasteiger partial charge in [-0.25, -0.2) is 0 Å². The number of nitriles is 1. The van der Waals surface area contributed by atoms with Gasteiger partial charge < -0.3 is 9.47 Å². The van der Waals surface area contributed by atoms with Gasteiger partial charge in [-0.3, -0.25) is 5.32 Å². The second-order valence-electron chi connectivity index (χ2n) is 5.07. The molecule has 106 valence electrons. The molecule has 0 heterocycles. The number of ether oxygens (including phenoxy) is 2. The van der Waals surface area contributed by atoms with E-state index in [1.807, 2.05) is 6.92 Å². The molecule has 1 atom stereocenters. The molecule has 0 aliphatic carbocycles. The lowest BCUT2D eigenvalue weighted by molar-refractivity contribution is 0.0454. The van der Waals surface area contributed by atoms with Crippen molar-refractivity contribution in [1.82, 2.24) is 5.32 Å². The number of rotatable bonds is 11. The minimum Gasteiger partial charge on any atom is -0.379 e. The van der Waals surface area contributed by atoms with Crippen LogP contribution in [0.3, 0.4) is 0 Å². The molecule has 0 aliphatic rings. The summed E-state index contributed by atoms with van der Waals surface area (Å²) in [4.78, 5) is 0. The SMILES string of the molecule is CCCOCCOCCCC(C)(C#N)NC(C)C. The van der Waals surface area contributed by atoms with E-state index in [1.54, 1.807) is 0 Å². The van der Waals surface area contributed by atoms with Gasteiger partial charge >= 0.3 is 0 Å². The first-order valence-corrected chi connectivity index (χ1v) is 6.88. The Bertz CT molecular complexity index is 238. The van der Waals surface area contributed by atoms with Crippen molar-refractivity contribution in [1.29, 1.82) is 5.26 Å². The molecule has 4 heteroatoms. The van der Waals surface area contributed by atoms with Crippen LogP contribution in [0, 0.1) is 11.3 Å². The second kappa shape index (κ2) is 10.3. The van der Waals surface area contributed by atoms with Crippen LogP contribution in [0.4, 0.5) is 0 Å². The lowest BCUT2D eigenvalue weighted by atomic mass is 9.97. The van der Waals surface area contributed by atoms with E-state index in [-0.39, 0.29) is 0 Å². The van der Waals surface area contributed by atoms with Gasteiger partial charge in [0.1, 0.15) is 5.54 Å². The summed E-state index contributed by atoms with van der Waals surface area (Å²) in [6.07, 6.45) is 2.73. The van der Waals surface area contributed by atoms with Gasteiger partial charge in [-0.1, -0.05) is 6.92 Å². The third-order valence-corrected chi connectivity index (χ3v) is 2.54. The van der Waals surface area contributed by atoms with Crippen molar-refractivity contribution in [2.75, 3.05) is 26.4 Å². The van der Waals surface area contributed by atoms with Gasteiger partial charge in [0.15, 0.2) is 0 Å². The van der Waals surface area contributed by atoms with Gasteiger partial charge in [0, 0.05) is 19.3 Å². The molecule has 0 rings (SSSR count). The fourth-order valence-corrected chi connectivity index (χ4v) is 1.79. The van der Waals surface area contributed by atoms with Gasteiger partial charge in [0.2, 0.25) is 0 Å². The molecule has 0 aliphatic heterocycles. The van der Waals surface area contributed by atoms with Gasteiger partial charge in [0.05, 0.1) is 19.3 Å². The number of nitrogens with zero attached hydrogens (tertiary/aromatic N) is 1.